The van der Waals surface area contributed by atoms with Crippen molar-refractivity contribution in [3.8, 4) is 0 Å². The molecule has 3 rings (SSSR count). The van der Waals surface area contributed by atoms with Gasteiger partial charge in [0, 0.05) is 19.0 Å². The van der Waals surface area contributed by atoms with Crippen LogP contribution in [-0.4, -0.2) is 67.5 Å². The van der Waals surface area contributed by atoms with Crippen molar-refractivity contribution in [1.82, 2.24) is 26.6 Å². The van der Waals surface area contributed by atoms with E-state index >= 15 is 0 Å². The lowest BCUT2D eigenvalue weighted by atomic mass is 10.0. The smallest absolute Gasteiger partial charge is 0.328 e. The molecule has 5 N–H and O–H groups in total. The maximum Gasteiger partial charge on any atom is 0.328 e. The number of carbonyl (C=O) groups excluding carboxylic acids is 5. The third-order valence-corrected chi connectivity index (χ3v) is 7.36. The Labute approximate surface area is 266 Å². The van der Waals surface area contributed by atoms with Crippen LogP contribution in [0.1, 0.15) is 44.2 Å². The molecule has 4 atom stereocenters. The van der Waals surface area contributed by atoms with E-state index in [0.717, 1.165) is 0 Å². The van der Waals surface area contributed by atoms with Crippen LogP contribution in [0.2, 0.25) is 0 Å². The van der Waals surface area contributed by atoms with E-state index < -0.39 is 59.6 Å². The zero-order valence-corrected chi connectivity index (χ0v) is 26.1. The molecular formula is C33H41F2N5O6. The molecule has 46 heavy (non-hydrogen) atoms. The van der Waals surface area contributed by atoms with Gasteiger partial charge in [-0.15, -0.1) is 0 Å². The first-order valence-corrected chi connectivity index (χ1v) is 15.2. The lowest BCUT2D eigenvalue weighted by Gasteiger charge is -2.26. The number of benzene rings is 2. The molecule has 248 valence electrons. The molecule has 2 aromatic rings. The summed E-state index contributed by atoms with van der Waals surface area (Å²) >= 11 is 0. The van der Waals surface area contributed by atoms with Gasteiger partial charge < -0.3 is 31.3 Å². The summed E-state index contributed by atoms with van der Waals surface area (Å²) in [5.74, 6) is -3.56. The third-order valence-electron chi connectivity index (χ3n) is 7.36. The summed E-state index contributed by atoms with van der Waals surface area (Å²) < 4.78 is 32.6. The van der Waals surface area contributed by atoms with Crippen LogP contribution in [0.4, 0.5) is 13.6 Å². The molecule has 0 aliphatic carbocycles. The molecule has 0 bridgehead atoms. The highest BCUT2D eigenvalue weighted by Crippen LogP contribution is 2.12. The van der Waals surface area contributed by atoms with E-state index in [1.807, 2.05) is 0 Å². The summed E-state index contributed by atoms with van der Waals surface area (Å²) in [7, 11) is 1.19. The lowest BCUT2D eigenvalue weighted by molar-refractivity contribution is -0.144. The molecule has 0 aromatic heterocycles. The van der Waals surface area contributed by atoms with Gasteiger partial charge in [0.25, 0.3) is 0 Å². The molecule has 0 saturated carbocycles. The van der Waals surface area contributed by atoms with Gasteiger partial charge in [0.15, 0.2) is 0 Å². The molecule has 1 aliphatic rings. The highest BCUT2D eigenvalue weighted by atomic mass is 19.1. The second-order valence-electron chi connectivity index (χ2n) is 11.4. The van der Waals surface area contributed by atoms with Crippen molar-refractivity contribution in [1.29, 1.82) is 0 Å². The highest BCUT2D eigenvalue weighted by Gasteiger charge is 2.30. The van der Waals surface area contributed by atoms with Crippen molar-refractivity contribution < 1.29 is 37.5 Å². The van der Waals surface area contributed by atoms with Crippen LogP contribution in [0, 0.1) is 17.6 Å². The van der Waals surface area contributed by atoms with Crippen LogP contribution in [-0.2, 0) is 36.8 Å². The van der Waals surface area contributed by atoms with Gasteiger partial charge in [-0.25, -0.2) is 18.4 Å². The van der Waals surface area contributed by atoms with E-state index in [9.17, 15) is 32.8 Å². The van der Waals surface area contributed by atoms with E-state index in [2.05, 4.69) is 26.6 Å². The number of halogens is 2. The molecular weight excluding hydrogens is 600 g/mol. The minimum Gasteiger partial charge on any atom is -0.467 e. The molecule has 0 spiro atoms. The van der Waals surface area contributed by atoms with Gasteiger partial charge in [0.1, 0.15) is 29.8 Å². The second kappa shape index (κ2) is 17.6. The summed E-state index contributed by atoms with van der Waals surface area (Å²) in [4.78, 5) is 64.7. The summed E-state index contributed by atoms with van der Waals surface area (Å²) in [5, 5.41) is 13.4. The first-order valence-electron chi connectivity index (χ1n) is 15.2. The maximum atomic E-state index is 14.0. The van der Waals surface area contributed by atoms with Gasteiger partial charge in [0.05, 0.1) is 13.2 Å². The normalized spacial score (nSPS) is 18.6. The van der Waals surface area contributed by atoms with E-state index in [1.54, 1.807) is 26.0 Å². The number of methoxy groups -OCH3 is 1. The Bertz CT molecular complexity index is 1420. The zero-order chi connectivity index (χ0) is 33.6. The van der Waals surface area contributed by atoms with Crippen molar-refractivity contribution in [3.63, 3.8) is 0 Å². The Kier molecular flexibility index (Phi) is 13.7. The molecule has 1 heterocycles. The predicted molar refractivity (Wildman–Crippen MR) is 166 cm³/mol. The largest absolute Gasteiger partial charge is 0.467 e. The first-order chi connectivity index (χ1) is 21.9. The number of hydrogen-bond donors (Lipinski definition) is 5. The van der Waals surface area contributed by atoms with Crippen molar-refractivity contribution in [3.05, 3.63) is 83.4 Å². The Morgan fingerprint density at radius 3 is 2.30 bits per heavy atom. The number of nitrogens with one attached hydrogen (secondary N) is 5. The topological polar surface area (TPSA) is 155 Å². The number of rotatable bonds is 10. The zero-order valence-electron chi connectivity index (χ0n) is 26.1. The van der Waals surface area contributed by atoms with Gasteiger partial charge in [-0.05, 0) is 67.0 Å². The molecule has 2 aromatic carbocycles. The number of amides is 5. The van der Waals surface area contributed by atoms with E-state index in [1.165, 1.54) is 55.7 Å². The van der Waals surface area contributed by atoms with Crippen molar-refractivity contribution >= 4 is 29.7 Å². The Balaban J connectivity index is 1.83. The number of esters is 1. The molecule has 0 unspecified atom stereocenters. The van der Waals surface area contributed by atoms with Crippen molar-refractivity contribution in [2.24, 2.45) is 5.92 Å². The molecule has 13 heteroatoms. The number of carbonyl (C=O) groups is 5. The average Bonchev–Trinajstić information content (AvgIpc) is 3.00. The minimum atomic E-state index is -1.26. The van der Waals surface area contributed by atoms with Crippen LogP contribution in [0.3, 0.4) is 0 Å². The van der Waals surface area contributed by atoms with Gasteiger partial charge in [-0.3, -0.25) is 14.4 Å². The van der Waals surface area contributed by atoms with Gasteiger partial charge >= 0.3 is 12.0 Å². The first kappa shape index (κ1) is 35.7. The predicted octanol–water partition coefficient (Wildman–Crippen LogP) is 2.44. The molecule has 1 aliphatic heterocycles. The second-order valence-corrected chi connectivity index (χ2v) is 11.4. The van der Waals surface area contributed by atoms with Crippen molar-refractivity contribution in [2.75, 3.05) is 13.7 Å². The summed E-state index contributed by atoms with van der Waals surface area (Å²) in [6.07, 6.45) is 4.07. The lowest BCUT2D eigenvalue weighted by Crippen LogP contribution is -2.58. The third kappa shape index (κ3) is 11.6. The van der Waals surface area contributed by atoms with Crippen LogP contribution < -0.4 is 26.6 Å². The standard InChI is InChI=1S/C33H41F2N5O6/c1-20(2)29(32(44)46-3)40-33(45)39-27(19-22-9-7-11-24(35)17-22)31(43)38-26-12-4-5-15-36-28(41)14-13-25(37-30(26)42)18-21-8-6-10-23(34)16-21/h6-11,13-14,16-17,20,25-27,29H,4-5,12,15,18-19H2,1-3H3,(H,36,41)(H,37,42)(H,38,43)(H2,39,40,45)/t25-,26+,27+,29+/m1/s1. The Hall–Kier alpha value is -4.81. The average molecular weight is 642 g/mol. The van der Waals surface area contributed by atoms with Crippen LogP contribution in [0.5, 0.6) is 0 Å². The molecule has 0 fully saturated rings. The van der Waals surface area contributed by atoms with E-state index in [0.29, 0.717) is 30.5 Å². The number of urea groups is 1. The maximum absolute atomic E-state index is 14.0. The quantitative estimate of drug-likeness (QED) is 0.251. The Morgan fingerprint density at radius 2 is 1.65 bits per heavy atom. The van der Waals surface area contributed by atoms with Crippen LogP contribution >= 0.6 is 0 Å². The summed E-state index contributed by atoms with van der Waals surface area (Å²) in [5.41, 5.74) is 0.994. The molecule has 11 nitrogen and oxygen atoms in total. The monoisotopic (exact) mass is 641 g/mol. The minimum absolute atomic E-state index is 0.118. The fraction of sp³-hybridized carbons (Fsp3) is 0.424. The van der Waals surface area contributed by atoms with Gasteiger partial charge in [-0.1, -0.05) is 44.2 Å². The number of ether oxygens (including phenoxy) is 1. The SMILES string of the molecule is COC(=O)[C@@H](NC(=O)N[C@@H](Cc1cccc(F)c1)C(=O)N[C@H]1CCCCNC(=O)C=C[C@H](Cc2cccc(F)c2)NC1=O)C(C)C. The molecule has 5 amide bonds. The van der Waals surface area contributed by atoms with Crippen molar-refractivity contribution in [2.45, 2.75) is 70.1 Å². The summed E-state index contributed by atoms with van der Waals surface area (Å²) in [6.45, 7) is 3.77. The Morgan fingerprint density at radius 1 is 0.978 bits per heavy atom. The fourth-order valence-corrected chi connectivity index (χ4v) is 4.93. The summed E-state index contributed by atoms with van der Waals surface area (Å²) in [6, 6.07) is 6.55. The van der Waals surface area contributed by atoms with Crippen LogP contribution in [0.25, 0.3) is 0 Å². The highest BCUT2D eigenvalue weighted by molar-refractivity contribution is 5.93. The fourth-order valence-electron chi connectivity index (χ4n) is 4.93. The van der Waals surface area contributed by atoms with E-state index in [-0.39, 0.29) is 31.1 Å². The van der Waals surface area contributed by atoms with E-state index in [4.69, 9.17) is 4.74 Å². The van der Waals surface area contributed by atoms with Gasteiger partial charge in [-0.2, -0.15) is 0 Å². The molecule has 0 saturated heterocycles. The van der Waals surface area contributed by atoms with Crippen LogP contribution in [0.15, 0.2) is 60.7 Å². The molecule has 0 radical (unpaired) electrons. The van der Waals surface area contributed by atoms with Gasteiger partial charge in [0.2, 0.25) is 17.7 Å². The number of hydrogen-bond acceptors (Lipinski definition) is 6.